The molecule has 3 aromatic heterocycles. The second-order valence-electron chi connectivity index (χ2n) is 12.6. The van der Waals surface area contributed by atoms with Crippen molar-refractivity contribution in [2.24, 2.45) is 0 Å². The zero-order valence-electron chi connectivity index (χ0n) is 27.3. The maximum absolute atomic E-state index is 13.9. The third kappa shape index (κ3) is 4.76. The van der Waals surface area contributed by atoms with E-state index in [4.69, 9.17) is 9.40 Å². The molecule has 0 aliphatic carbocycles. The van der Waals surface area contributed by atoms with Crippen LogP contribution in [0.15, 0.2) is 179 Å². The molecule has 0 bridgehead atoms. The summed E-state index contributed by atoms with van der Waals surface area (Å²) >= 11 is 0. The number of hydrogen-bond acceptors (Lipinski definition) is 4. The topological polar surface area (TPSA) is 65.3 Å². The van der Waals surface area contributed by atoms with E-state index in [1.54, 1.807) is 4.40 Å². The molecule has 0 atom stereocenters. The average Bonchev–Trinajstić information content (AvgIpc) is 3.74. The Morgan fingerprint density at radius 1 is 0.471 bits per heavy atom. The van der Waals surface area contributed by atoms with E-state index in [0.29, 0.717) is 11.6 Å². The van der Waals surface area contributed by atoms with Crippen LogP contribution in [0.1, 0.15) is 0 Å². The summed E-state index contributed by atoms with van der Waals surface area (Å²) < 4.78 is 10.0. The highest BCUT2D eigenvalue weighted by Gasteiger charge is 2.20. The second kappa shape index (κ2) is 11.5. The summed E-state index contributed by atoms with van der Waals surface area (Å²) in [5, 5.41) is 2.06. The SMILES string of the molecule is O=c1nc(-c2ccccc2)nc2n(-c3ccccc3)c3ccc(-c4cccc5oc6ccc(-c7ccc(-c8ccccc8)cc7)cc6c45)cc3n12. The molecule has 240 valence electrons. The van der Waals surface area contributed by atoms with Crippen molar-refractivity contribution in [1.82, 2.24) is 18.9 Å². The van der Waals surface area contributed by atoms with Gasteiger partial charge in [-0.3, -0.25) is 4.57 Å². The van der Waals surface area contributed by atoms with Gasteiger partial charge >= 0.3 is 5.69 Å². The Morgan fingerprint density at radius 3 is 1.84 bits per heavy atom. The lowest BCUT2D eigenvalue weighted by Gasteiger charge is -2.08. The zero-order valence-corrected chi connectivity index (χ0v) is 27.3. The van der Waals surface area contributed by atoms with Crippen molar-refractivity contribution in [2.45, 2.75) is 0 Å². The van der Waals surface area contributed by atoms with Gasteiger partial charge in [-0.15, -0.1) is 0 Å². The molecule has 0 spiro atoms. The van der Waals surface area contributed by atoms with Gasteiger partial charge in [0.1, 0.15) is 11.2 Å². The van der Waals surface area contributed by atoms with Crippen LogP contribution in [0.25, 0.3) is 89.2 Å². The number of fused-ring (bicyclic) bond motifs is 6. The van der Waals surface area contributed by atoms with E-state index in [1.807, 2.05) is 83.4 Å². The predicted octanol–water partition coefficient (Wildman–Crippen LogP) is 10.6. The van der Waals surface area contributed by atoms with E-state index >= 15 is 0 Å². The number of aromatic nitrogens is 4. The third-order valence-electron chi connectivity index (χ3n) is 9.63. The van der Waals surface area contributed by atoms with Gasteiger partial charge in [-0.2, -0.15) is 9.97 Å². The van der Waals surface area contributed by atoms with E-state index in [1.165, 1.54) is 11.1 Å². The predicted molar refractivity (Wildman–Crippen MR) is 205 cm³/mol. The fraction of sp³-hybridized carbons (Fsp3) is 0. The van der Waals surface area contributed by atoms with Crippen LogP contribution in [-0.4, -0.2) is 18.9 Å². The molecule has 0 radical (unpaired) electrons. The van der Waals surface area contributed by atoms with Crippen molar-refractivity contribution in [3.8, 4) is 50.5 Å². The first-order valence-corrected chi connectivity index (χ1v) is 16.9. The maximum Gasteiger partial charge on any atom is 0.357 e. The monoisotopic (exact) mass is 656 g/mol. The van der Waals surface area contributed by atoms with E-state index in [-0.39, 0.29) is 5.69 Å². The van der Waals surface area contributed by atoms with Crippen LogP contribution in [0.4, 0.5) is 0 Å². The van der Waals surface area contributed by atoms with Crippen LogP contribution < -0.4 is 5.69 Å². The van der Waals surface area contributed by atoms with Crippen molar-refractivity contribution in [2.75, 3.05) is 0 Å². The Bertz CT molecular complexity index is 2960. The zero-order chi connectivity index (χ0) is 33.9. The van der Waals surface area contributed by atoms with Crippen molar-refractivity contribution >= 4 is 38.7 Å². The number of imidazole rings is 1. The molecule has 10 rings (SSSR count). The molecule has 6 heteroatoms. The molecule has 3 heterocycles. The lowest BCUT2D eigenvalue weighted by Crippen LogP contribution is -2.19. The van der Waals surface area contributed by atoms with Crippen molar-refractivity contribution in [3.63, 3.8) is 0 Å². The van der Waals surface area contributed by atoms with Gasteiger partial charge in [-0.1, -0.05) is 127 Å². The lowest BCUT2D eigenvalue weighted by atomic mass is 9.96. The molecule has 0 unspecified atom stereocenters. The highest BCUT2D eigenvalue weighted by molar-refractivity contribution is 6.13. The molecule has 0 N–H and O–H groups in total. The van der Waals surface area contributed by atoms with E-state index in [9.17, 15) is 4.79 Å². The summed E-state index contributed by atoms with van der Waals surface area (Å²) in [5.41, 5.74) is 11.1. The van der Waals surface area contributed by atoms with Gasteiger partial charge in [-0.05, 0) is 75.8 Å². The van der Waals surface area contributed by atoms with E-state index in [2.05, 4.69) is 96.0 Å². The number of para-hydroxylation sites is 1. The average molecular weight is 657 g/mol. The molecule has 0 aliphatic rings. The molecule has 0 amide bonds. The Kier molecular flexibility index (Phi) is 6.54. The Hall–Kier alpha value is -7.05. The Balaban J connectivity index is 1.15. The van der Waals surface area contributed by atoms with Gasteiger partial charge in [-0.25, -0.2) is 9.20 Å². The number of hydrogen-bond donors (Lipinski definition) is 0. The number of rotatable bonds is 5. The van der Waals surface area contributed by atoms with Gasteiger partial charge in [0.25, 0.3) is 0 Å². The summed E-state index contributed by atoms with van der Waals surface area (Å²) in [6.45, 7) is 0. The normalized spacial score (nSPS) is 11.6. The molecule has 51 heavy (non-hydrogen) atoms. The van der Waals surface area contributed by atoms with E-state index in [0.717, 1.165) is 66.5 Å². The summed E-state index contributed by atoms with van der Waals surface area (Å²) in [4.78, 5) is 23.3. The summed E-state index contributed by atoms with van der Waals surface area (Å²) in [5.74, 6) is 0.892. The Morgan fingerprint density at radius 2 is 1.10 bits per heavy atom. The van der Waals surface area contributed by atoms with Crippen LogP contribution in [0.3, 0.4) is 0 Å². The van der Waals surface area contributed by atoms with Gasteiger partial charge < -0.3 is 4.42 Å². The first-order valence-electron chi connectivity index (χ1n) is 16.9. The molecule has 7 aromatic carbocycles. The van der Waals surface area contributed by atoms with Gasteiger partial charge in [0.15, 0.2) is 5.82 Å². The smallest absolute Gasteiger partial charge is 0.357 e. The number of furan rings is 1. The summed E-state index contributed by atoms with van der Waals surface area (Å²) in [6, 6.07) is 57.5. The maximum atomic E-state index is 13.9. The molecule has 6 nitrogen and oxygen atoms in total. The minimum absolute atomic E-state index is 0.384. The quantitative estimate of drug-likeness (QED) is 0.185. The lowest BCUT2D eigenvalue weighted by molar-refractivity contribution is 0.669. The first kappa shape index (κ1) is 28.9. The van der Waals surface area contributed by atoms with Gasteiger partial charge in [0, 0.05) is 22.0 Å². The van der Waals surface area contributed by atoms with Crippen LogP contribution in [0, 0.1) is 0 Å². The third-order valence-corrected chi connectivity index (χ3v) is 9.63. The van der Waals surface area contributed by atoms with Gasteiger partial charge in [0.2, 0.25) is 5.78 Å². The number of benzene rings is 7. The molecule has 0 saturated heterocycles. The molecule has 10 aromatic rings. The van der Waals surface area contributed by atoms with Crippen LogP contribution in [0.5, 0.6) is 0 Å². The minimum atomic E-state index is -0.384. The van der Waals surface area contributed by atoms with Crippen LogP contribution in [-0.2, 0) is 0 Å². The standard InChI is InChI=1S/C45H28N4O2/c50-45-47-43(32-13-6-2-7-14-32)46-44-48(35-15-8-3-9-16-35)38-25-23-34(28-39(38)49(44)45)36-17-10-18-41-42(36)37-27-33(24-26-40(37)51-41)31-21-19-30(20-22-31)29-11-4-1-5-12-29/h1-28H. The molecular formula is C45H28N4O2. The van der Waals surface area contributed by atoms with Crippen molar-refractivity contribution in [3.05, 3.63) is 180 Å². The highest BCUT2D eigenvalue weighted by Crippen LogP contribution is 2.40. The second-order valence-corrected chi connectivity index (χ2v) is 12.6. The molecule has 0 fully saturated rings. The largest absolute Gasteiger partial charge is 0.456 e. The van der Waals surface area contributed by atoms with Crippen molar-refractivity contribution < 1.29 is 4.42 Å². The van der Waals surface area contributed by atoms with Crippen LogP contribution in [0.2, 0.25) is 0 Å². The number of nitrogens with zero attached hydrogens (tertiary/aromatic N) is 4. The highest BCUT2D eigenvalue weighted by atomic mass is 16.3. The van der Waals surface area contributed by atoms with Crippen molar-refractivity contribution in [1.29, 1.82) is 0 Å². The molecule has 0 aliphatic heterocycles. The van der Waals surface area contributed by atoms with E-state index < -0.39 is 0 Å². The van der Waals surface area contributed by atoms with Gasteiger partial charge in [0.05, 0.1) is 11.0 Å². The fourth-order valence-electron chi connectivity index (χ4n) is 7.20. The fourth-order valence-corrected chi connectivity index (χ4v) is 7.20. The molecule has 0 saturated carbocycles. The Labute approximate surface area is 292 Å². The summed E-state index contributed by atoms with van der Waals surface area (Å²) in [6.07, 6.45) is 0. The van der Waals surface area contributed by atoms with Crippen LogP contribution >= 0.6 is 0 Å². The minimum Gasteiger partial charge on any atom is -0.456 e. The first-order chi connectivity index (χ1) is 25.2. The summed E-state index contributed by atoms with van der Waals surface area (Å²) in [7, 11) is 0. The molecular weight excluding hydrogens is 629 g/mol.